The average Bonchev–Trinajstić information content (AvgIpc) is 2.47. The molecule has 0 fully saturated rings. The Hall–Kier alpha value is -2.46. The second-order valence-electron chi connectivity index (χ2n) is 4.61. The predicted octanol–water partition coefficient (Wildman–Crippen LogP) is 2.49. The van der Waals surface area contributed by atoms with Gasteiger partial charge in [-0.15, -0.1) is 0 Å². The molecule has 0 spiro atoms. The smallest absolute Gasteiger partial charge is 0.226 e. The Kier molecular flexibility index (Phi) is 3.08. The lowest BCUT2D eigenvalue weighted by molar-refractivity contribution is -0.117. The molecule has 1 heterocycles. The van der Waals surface area contributed by atoms with Gasteiger partial charge >= 0.3 is 0 Å². The molecule has 1 unspecified atom stereocenters. The third-order valence-electron chi connectivity index (χ3n) is 3.28. The summed E-state index contributed by atoms with van der Waals surface area (Å²) in [6, 6.07) is 16.7. The Balaban J connectivity index is 2.18. The fraction of sp³-hybridized carbons (Fsp3) is 0.125. The fourth-order valence-corrected chi connectivity index (χ4v) is 2.37. The van der Waals surface area contributed by atoms with Crippen LogP contribution in [0.15, 0.2) is 59.6 Å². The fourth-order valence-electron chi connectivity index (χ4n) is 2.37. The third kappa shape index (κ3) is 2.00. The minimum absolute atomic E-state index is 0.215. The van der Waals surface area contributed by atoms with Crippen molar-refractivity contribution < 1.29 is 9.90 Å². The standard InChI is InChI=1S/C16H14N2O2/c1-11(19)18-14-10-6-5-9-13(14)17-15(16(18)20)12-7-3-2-4-8-12/h2-10,16,20H,1H3. The Bertz CT molecular complexity index is 680. The van der Waals surface area contributed by atoms with Gasteiger partial charge in [0, 0.05) is 12.5 Å². The lowest BCUT2D eigenvalue weighted by Crippen LogP contribution is -2.46. The summed E-state index contributed by atoms with van der Waals surface area (Å²) in [5, 5.41) is 10.5. The molecule has 100 valence electrons. The molecule has 4 heteroatoms. The van der Waals surface area contributed by atoms with Gasteiger partial charge in [0.15, 0.2) is 6.23 Å². The number of fused-ring (bicyclic) bond motifs is 1. The van der Waals surface area contributed by atoms with Crippen molar-refractivity contribution in [2.75, 3.05) is 4.90 Å². The van der Waals surface area contributed by atoms with E-state index in [9.17, 15) is 9.90 Å². The van der Waals surface area contributed by atoms with Crippen molar-refractivity contribution in [2.45, 2.75) is 13.2 Å². The van der Waals surface area contributed by atoms with Gasteiger partial charge in [-0.05, 0) is 12.1 Å². The van der Waals surface area contributed by atoms with E-state index in [2.05, 4.69) is 4.99 Å². The van der Waals surface area contributed by atoms with Crippen molar-refractivity contribution in [3.63, 3.8) is 0 Å². The van der Waals surface area contributed by atoms with Crippen LogP contribution in [0.2, 0.25) is 0 Å². The molecule has 1 atom stereocenters. The number of carbonyl (C=O) groups is 1. The highest BCUT2D eigenvalue weighted by molar-refractivity contribution is 6.13. The van der Waals surface area contributed by atoms with Crippen molar-refractivity contribution in [1.29, 1.82) is 0 Å². The maximum atomic E-state index is 11.9. The van der Waals surface area contributed by atoms with Gasteiger partial charge in [0.05, 0.1) is 17.1 Å². The summed E-state index contributed by atoms with van der Waals surface area (Å²) in [4.78, 5) is 17.7. The van der Waals surface area contributed by atoms with Crippen molar-refractivity contribution in [2.24, 2.45) is 4.99 Å². The van der Waals surface area contributed by atoms with E-state index in [1.165, 1.54) is 11.8 Å². The number of hydrogen-bond acceptors (Lipinski definition) is 3. The Morgan fingerprint density at radius 1 is 1.10 bits per heavy atom. The molecule has 1 amide bonds. The van der Waals surface area contributed by atoms with E-state index in [0.717, 1.165) is 5.56 Å². The van der Waals surface area contributed by atoms with E-state index in [-0.39, 0.29) is 5.91 Å². The quantitative estimate of drug-likeness (QED) is 0.862. The number of aliphatic imine (C=N–C) groups is 1. The first-order valence-electron chi connectivity index (χ1n) is 6.39. The molecule has 0 saturated heterocycles. The first-order valence-corrected chi connectivity index (χ1v) is 6.39. The van der Waals surface area contributed by atoms with Crippen LogP contribution >= 0.6 is 0 Å². The zero-order valence-corrected chi connectivity index (χ0v) is 11.0. The van der Waals surface area contributed by atoms with Crippen LogP contribution in [-0.2, 0) is 4.79 Å². The first kappa shape index (κ1) is 12.6. The molecular formula is C16H14N2O2. The topological polar surface area (TPSA) is 52.9 Å². The molecule has 0 radical (unpaired) electrons. The summed E-state index contributed by atoms with van der Waals surface area (Å²) in [6.45, 7) is 1.44. The number of carbonyl (C=O) groups excluding carboxylic acids is 1. The number of anilines is 1. The van der Waals surface area contributed by atoms with Gasteiger partial charge in [-0.3, -0.25) is 9.69 Å². The van der Waals surface area contributed by atoms with E-state index in [4.69, 9.17) is 0 Å². The first-order chi connectivity index (χ1) is 9.68. The summed E-state index contributed by atoms with van der Waals surface area (Å²) >= 11 is 0. The SMILES string of the molecule is CC(=O)N1c2ccccc2N=C(c2ccccc2)C1O. The lowest BCUT2D eigenvalue weighted by atomic mass is 10.0. The van der Waals surface area contributed by atoms with Crippen molar-refractivity contribution >= 4 is 23.0 Å². The summed E-state index contributed by atoms with van der Waals surface area (Å²) in [6.07, 6.45) is -1.07. The molecule has 1 N–H and O–H groups in total. The van der Waals surface area contributed by atoms with Crippen LogP contribution in [0.25, 0.3) is 0 Å². The van der Waals surface area contributed by atoms with Crippen LogP contribution in [0, 0.1) is 0 Å². The van der Waals surface area contributed by atoms with Gasteiger partial charge in [0.25, 0.3) is 0 Å². The number of hydrogen-bond donors (Lipinski definition) is 1. The second-order valence-corrected chi connectivity index (χ2v) is 4.61. The number of amides is 1. The summed E-state index contributed by atoms with van der Waals surface area (Å²) < 4.78 is 0. The Morgan fingerprint density at radius 3 is 2.45 bits per heavy atom. The van der Waals surface area contributed by atoms with Crippen molar-refractivity contribution in [1.82, 2.24) is 0 Å². The molecule has 2 aromatic carbocycles. The number of aliphatic hydroxyl groups excluding tert-OH is 1. The number of aliphatic hydroxyl groups is 1. The zero-order valence-electron chi connectivity index (χ0n) is 11.0. The van der Waals surface area contributed by atoms with E-state index in [0.29, 0.717) is 17.1 Å². The molecule has 20 heavy (non-hydrogen) atoms. The van der Waals surface area contributed by atoms with Gasteiger partial charge in [-0.25, -0.2) is 4.99 Å². The molecule has 1 aliphatic rings. The molecule has 1 aliphatic heterocycles. The van der Waals surface area contributed by atoms with Gasteiger partial charge in [0.2, 0.25) is 5.91 Å². The largest absolute Gasteiger partial charge is 0.368 e. The van der Waals surface area contributed by atoms with E-state index in [1.807, 2.05) is 48.5 Å². The summed E-state index contributed by atoms with van der Waals surface area (Å²) in [5.74, 6) is -0.215. The Morgan fingerprint density at radius 2 is 1.75 bits per heavy atom. The van der Waals surface area contributed by atoms with Gasteiger partial charge in [-0.2, -0.15) is 0 Å². The molecular weight excluding hydrogens is 252 g/mol. The highest BCUT2D eigenvalue weighted by atomic mass is 16.3. The average molecular weight is 266 g/mol. The number of rotatable bonds is 1. The Labute approximate surface area is 117 Å². The number of benzene rings is 2. The second kappa shape index (κ2) is 4.90. The predicted molar refractivity (Wildman–Crippen MR) is 78.2 cm³/mol. The van der Waals surface area contributed by atoms with Crippen LogP contribution in [0.5, 0.6) is 0 Å². The zero-order chi connectivity index (χ0) is 14.1. The van der Waals surface area contributed by atoms with Gasteiger partial charge in [0.1, 0.15) is 0 Å². The highest BCUT2D eigenvalue weighted by Gasteiger charge is 2.31. The van der Waals surface area contributed by atoms with E-state index < -0.39 is 6.23 Å². The van der Waals surface area contributed by atoms with Crippen LogP contribution in [0.3, 0.4) is 0 Å². The van der Waals surface area contributed by atoms with Crippen LogP contribution < -0.4 is 4.90 Å². The molecule has 4 nitrogen and oxygen atoms in total. The van der Waals surface area contributed by atoms with Crippen LogP contribution in [0.1, 0.15) is 12.5 Å². The third-order valence-corrected chi connectivity index (χ3v) is 3.28. The van der Waals surface area contributed by atoms with Crippen molar-refractivity contribution in [3.05, 3.63) is 60.2 Å². The molecule has 0 aromatic heterocycles. The molecule has 2 aromatic rings. The van der Waals surface area contributed by atoms with Crippen LogP contribution in [-0.4, -0.2) is 23.0 Å². The van der Waals surface area contributed by atoms with Gasteiger partial charge in [-0.1, -0.05) is 42.5 Å². The monoisotopic (exact) mass is 266 g/mol. The molecule has 0 bridgehead atoms. The molecule has 3 rings (SSSR count). The summed E-state index contributed by atoms with van der Waals surface area (Å²) in [5.41, 5.74) is 2.61. The van der Waals surface area contributed by atoms with Gasteiger partial charge < -0.3 is 5.11 Å². The maximum Gasteiger partial charge on any atom is 0.226 e. The normalized spacial score (nSPS) is 17.4. The number of para-hydroxylation sites is 2. The van der Waals surface area contributed by atoms with Crippen LogP contribution in [0.4, 0.5) is 11.4 Å². The van der Waals surface area contributed by atoms with E-state index in [1.54, 1.807) is 6.07 Å². The maximum absolute atomic E-state index is 11.9. The molecule has 0 saturated carbocycles. The minimum atomic E-state index is -1.07. The minimum Gasteiger partial charge on any atom is -0.368 e. The number of nitrogens with zero attached hydrogens (tertiary/aromatic N) is 2. The highest BCUT2D eigenvalue weighted by Crippen LogP contribution is 2.35. The van der Waals surface area contributed by atoms with E-state index >= 15 is 0 Å². The molecule has 0 aliphatic carbocycles. The summed E-state index contributed by atoms with van der Waals surface area (Å²) in [7, 11) is 0. The van der Waals surface area contributed by atoms with Crippen molar-refractivity contribution in [3.8, 4) is 0 Å². The lowest BCUT2D eigenvalue weighted by Gasteiger charge is -2.32.